The summed E-state index contributed by atoms with van der Waals surface area (Å²) in [6.07, 6.45) is 2.48. The Bertz CT molecular complexity index is 1230. The molecule has 1 heterocycles. The van der Waals surface area contributed by atoms with E-state index in [0.717, 1.165) is 22.3 Å². The number of nitrogens with zero attached hydrogens (tertiary/aromatic N) is 2. The number of imidazole rings is 1. The van der Waals surface area contributed by atoms with Gasteiger partial charge in [0.25, 0.3) is 5.91 Å². The highest BCUT2D eigenvalue weighted by Gasteiger charge is 2.11. The van der Waals surface area contributed by atoms with Gasteiger partial charge in [-0.2, -0.15) is 0 Å². The van der Waals surface area contributed by atoms with Gasteiger partial charge in [-0.15, -0.1) is 0 Å². The van der Waals surface area contributed by atoms with Crippen molar-refractivity contribution in [3.63, 3.8) is 0 Å². The Labute approximate surface area is 181 Å². The van der Waals surface area contributed by atoms with E-state index < -0.39 is 0 Å². The molecule has 0 saturated heterocycles. The first-order valence-electron chi connectivity index (χ1n) is 10.1. The van der Waals surface area contributed by atoms with Gasteiger partial charge in [-0.1, -0.05) is 18.2 Å². The molecule has 158 valence electrons. The first-order valence-corrected chi connectivity index (χ1v) is 10.1. The zero-order chi connectivity index (χ0) is 21.8. The zero-order valence-electron chi connectivity index (χ0n) is 17.9. The number of hydrogen-bond donors (Lipinski definition) is 1. The molecule has 0 saturated carbocycles. The lowest BCUT2D eigenvalue weighted by molar-refractivity contribution is 0.0954. The van der Waals surface area contributed by atoms with Crippen molar-refractivity contribution in [2.75, 3.05) is 20.8 Å². The van der Waals surface area contributed by atoms with E-state index in [-0.39, 0.29) is 5.91 Å². The molecule has 6 nitrogen and oxygen atoms in total. The molecular weight excluding hydrogens is 390 g/mol. The Balaban J connectivity index is 1.44. The summed E-state index contributed by atoms with van der Waals surface area (Å²) in [6.45, 7) is 2.58. The van der Waals surface area contributed by atoms with Gasteiger partial charge in [0.05, 0.1) is 25.3 Å². The smallest absolute Gasteiger partial charge is 0.251 e. The molecule has 0 radical (unpaired) electrons. The van der Waals surface area contributed by atoms with Crippen LogP contribution in [0, 0.1) is 6.92 Å². The number of nitrogens with one attached hydrogen (secondary N) is 1. The number of carbonyl (C=O) groups excluding carboxylic acids is 1. The predicted octanol–water partition coefficient (Wildman–Crippen LogP) is 4.32. The fraction of sp³-hybridized carbons (Fsp3) is 0.200. The van der Waals surface area contributed by atoms with Gasteiger partial charge >= 0.3 is 0 Å². The summed E-state index contributed by atoms with van der Waals surface area (Å²) >= 11 is 0. The topological polar surface area (TPSA) is 65.4 Å². The molecule has 1 amide bonds. The second-order valence-electron chi connectivity index (χ2n) is 7.35. The Morgan fingerprint density at radius 1 is 1.00 bits per heavy atom. The molecule has 31 heavy (non-hydrogen) atoms. The number of fused-ring (bicyclic) bond motifs is 1. The minimum absolute atomic E-state index is 0.118. The van der Waals surface area contributed by atoms with Crippen molar-refractivity contribution >= 4 is 16.9 Å². The average molecular weight is 415 g/mol. The Kier molecular flexibility index (Phi) is 5.89. The number of aryl methyl sites for hydroxylation is 1. The third kappa shape index (κ3) is 4.38. The maximum absolute atomic E-state index is 12.6. The van der Waals surface area contributed by atoms with Crippen molar-refractivity contribution in [2.45, 2.75) is 13.3 Å². The average Bonchev–Trinajstić information content (AvgIpc) is 3.22. The normalized spacial score (nSPS) is 10.8. The number of amides is 1. The van der Waals surface area contributed by atoms with E-state index in [1.807, 2.05) is 53.1 Å². The number of hydrogen-bond acceptors (Lipinski definition) is 4. The lowest BCUT2D eigenvalue weighted by Crippen LogP contribution is -2.25. The molecule has 1 aromatic heterocycles. The molecule has 0 bridgehead atoms. The molecule has 0 spiro atoms. The van der Waals surface area contributed by atoms with Crippen LogP contribution in [0.5, 0.6) is 11.5 Å². The van der Waals surface area contributed by atoms with Crippen LogP contribution in [0.25, 0.3) is 16.7 Å². The van der Waals surface area contributed by atoms with E-state index in [2.05, 4.69) is 29.4 Å². The van der Waals surface area contributed by atoms with E-state index in [1.165, 1.54) is 5.56 Å². The van der Waals surface area contributed by atoms with Crippen LogP contribution in [-0.4, -0.2) is 36.2 Å². The van der Waals surface area contributed by atoms with Gasteiger partial charge in [-0.05, 0) is 66.9 Å². The summed E-state index contributed by atoms with van der Waals surface area (Å²) in [5.41, 5.74) is 5.64. The molecule has 0 aliphatic carbocycles. The molecule has 0 aliphatic heterocycles. The molecule has 3 aromatic carbocycles. The molecule has 4 aromatic rings. The molecular formula is C25H25N3O3. The van der Waals surface area contributed by atoms with Gasteiger partial charge in [0.2, 0.25) is 0 Å². The highest BCUT2D eigenvalue weighted by atomic mass is 16.5. The van der Waals surface area contributed by atoms with Crippen molar-refractivity contribution in [3.8, 4) is 17.2 Å². The number of aromatic nitrogens is 2. The SMILES string of the molecule is COc1ccc(CCNC(=O)c2ccc3c(c2)ncn3-c2cccc(C)c2)cc1OC. The van der Waals surface area contributed by atoms with Crippen molar-refractivity contribution in [1.29, 1.82) is 0 Å². The van der Waals surface area contributed by atoms with Gasteiger partial charge in [-0.25, -0.2) is 4.98 Å². The summed E-state index contributed by atoms with van der Waals surface area (Å²) in [7, 11) is 3.22. The Morgan fingerprint density at radius 3 is 2.61 bits per heavy atom. The van der Waals surface area contributed by atoms with Crippen LogP contribution in [0.4, 0.5) is 0 Å². The van der Waals surface area contributed by atoms with Crippen molar-refractivity contribution in [1.82, 2.24) is 14.9 Å². The minimum atomic E-state index is -0.118. The highest BCUT2D eigenvalue weighted by Crippen LogP contribution is 2.27. The Hall–Kier alpha value is -3.80. The maximum atomic E-state index is 12.6. The van der Waals surface area contributed by atoms with Gasteiger partial charge in [-0.3, -0.25) is 9.36 Å². The number of benzene rings is 3. The lowest BCUT2D eigenvalue weighted by atomic mass is 10.1. The number of carbonyl (C=O) groups is 1. The van der Waals surface area contributed by atoms with Crippen LogP contribution in [0.3, 0.4) is 0 Å². The lowest BCUT2D eigenvalue weighted by Gasteiger charge is -2.10. The van der Waals surface area contributed by atoms with E-state index >= 15 is 0 Å². The molecule has 0 fully saturated rings. The third-order valence-electron chi connectivity index (χ3n) is 5.24. The van der Waals surface area contributed by atoms with Crippen LogP contribution in [0.2, 0.25) is 0 Å². The van der Waals surface area contributed by atoms with Crippen molar-refractivity contribution in [2.24, 2.45) is 0 Å². The summed E-state index contributed by atoms with van der Waals surface area (Å²) < 4.78 is 12.6. The van der Waals surface area contributed by atoms with Crippen LogP contribution in [-0.2, 0) is 6.42 Å². The van der Waals surface area contributed by atoms with Crippen molar-refractivity contribution < 1.29 is 14.3 Å². The summed E-state index contributed by atoms with van der Waals surface area (Å²) in [5, 5.41) is 2.98. The second-order valence-corrected chi connectivity index (χ2v) is 7.35. The van der Waals surface area contributed by atoms with Crippen molar-refractivity contribution in [3.05, 3.63) is 83.7 Å². The van der Waals surface area contributed by atoms with Crippen LogP contribution in [0.15, 0.2) is 67.0 Å². The quantitative estimate of drug-likeness (QED) is 0.488. The number of rotatable bonds is 7. The maximum Gasteiger partial charge on any atom is 0.251 e. The van der Waals surface area contributed by atoms with E-state index in [0.29, 0.717) is 30.0 Å². The molecule has 1 N–H and O–H groups in total. The minimum Gasteiger partial charge on any atom is -0.493 e. The standard InChI is InChI=1S/C25H25N3O3/c1-17-5-4-6-20(13-17)28-16-27-21-15-19(8-9-22(21)28)25(29)26-12-11-18-7-10-23(30-2)24(14-18)31-3/h4-10,13-16H,11-12H2,1-3H3,(H,26,29). The van der Waals surface area contributed by atoms with Gasteiger partial charge in [0, 0.05) is 17.8 Å². The highest BCUT2D eigenvalue weighted by molar-refractivity contribution is 5.97. The Morgan fingerprint density at radius 2 is 1.84 bits per heavy atom. The van der Waals surface area contributed by atoms with Gasteiger partial charge in [0.15, 0.2) is 11.5 Å². The second kappa shape index (κ2) is 8.92. The molecule has 6 heteroatoms. The first-order chi connectivity index (χ1) is 15.1. The third-order valence-corrected chi connectivity index (χ3v) is 5.24. The van der Waals surface area contributed by atoms with E-state index in [1.54, 1.807) is 20.5 Å². The molecule has 0 aliphatic rings. The van der Waals surface area contributed by atoms with E-state index in [9.17, 15) is 4.79 Å². The summed E-state index contributed by atoms with van der Waals surface area (Å²) in [4.78, 5) is 17.1. The molecule has 0 atom stereocenters. The van der Waals surface area contributed by atoms with Crippen LogP contribution in [0.1, 0.15) is 21.5 Å². The fourth-order valence-corrected chi connectivity index (χ4v) is 3.60. The predicted molar refractivity (Wildman–Crippen MR) is 121 cm³/mol. The first kappa shape index (κ1) is 20.5. The van der Waals surface area contributed by atoms with Gasteiger partial charge < -0.3 is 14.8 Å². The van der Waals surface area contributed by atoms with Crippen LogP contribution < -0.4 is 14.8 Å². The zero-order valence-corrected chi connectivity index (χ0v) is 17.9. The number of ether oxygens (including phenoxy) is 2. The van der Waals surface area contributed by atoms with Crippen LogP contribution >= 0.6 is 0 Å². The summed E-state index contributed by atoms with van der Waals surface area (Å²) in [5.74, 6) is 1.25. The monoisotopic (exact) mass is 415 g/mol. The molecule has 4 rings (SSSR count). The number of methoxy groups -OCH3 is 2. The fourth-order valence-electron chi connectivity index (χ4n) is 3.60. The largest absolute Gasteiger partial charge is 0.493 e. The van der Waals surface area contributed by atoms with Gasteiger partial charge in [0.1, 0.15) is 6.33 Å². The van der Waals surface area contributed by atoms with E-state index in [4.69, 9.17) is 9.47 Å². The molecule has 0 unspecified atom stereocenters. The summed E-state index contributed by atoms with van der Waals surface area (Å²) in [6, 6.07) is 19.6.